The van der Waals surface area contributed by atoms with Crippen LogP contribution in [0.25, 0.3) is 0 Å². The molecule has 0 saturated heterocycles. The van der Waals surface area contributed by atoms with E-state index in [2.05, 4.69) is 24.5 Å². The molecule has 0 aliphatic carbocycles. The van der Waals surface area contributed by atoms with E-state index in [1.54, 1.807) is 13.2 Å². The Morgan fingerprint density at radius 2 is 2.19 bits per heavy atom. The van der Waals surface area contributed by atoms with Gasteiger partial charge >= 0.3 is 0 Å². The first-order chi connectivity index (χ1) is 10.1. The van der Waals surface area contributed by atoms with Crippen LogP contribution in [0, 0.1) is 0 Å². The molecule has 0 aromatic heterocycles. The number of hydrogen-bond donors (Lipinski definition) is 2. The van der Waals surface area contributed by atoms with Crippen molar-refractivity contribution >= 4 is 17.5 Å². The van der Waals surface area contributed by atoms with Crippen molar-refractivity contribution < 1.29 is 14.3 Å². The second-order valence-electron chi connectivity index (χ2n) is 4.60. The molecule has 2 N–H and O–H groups in total. The molecule has 0 radical (unpaired) electrons. The molecule has 1 aromatic rings. The fourth-order valence-corrected chi connectivity index (χ4v) is 2.06. The molecule has 1 atom stereocenters. The van der Waals surface area contributed by atoms with E-state index in [1.807, 2.05) is 12.1 Å². The van der Waals surface area contributed by atoms with Crippen LogP contribution in [0.2, 0.25) is 5.02 Å². The van der Waals surface area contributed by atoms with Crippen LogP contribution in [0.4, 0.5) is 0 Å². The smallest absolute Gasteiger partial charge is 0.258 e. The van der Waals surface area contributed by atoms with Crippen molar-refractivity contribution in [3.8, 4) is 5.75 Å². The van der Waals surface area contributed by atoms with Crippen molar-refractivity contribution in [2.24, 2.45) is 0 Å². The Morgan fingerprint density at radius 1 is 1.43 bits per heavy atom. The molecule has 1 rings (SSSR count). The van der Waals surface area contributed by atoms with Crippen LogP contribution in [-0.4, -0.2) is 39.3 Å². The second-order valence-corrected chi connectivity index (χ2v) is 5.01. The minimum Gasteiger partial charge on any atom is -0.482 e. The van der Waals surface area contributed by atoms with Gasteiger partial charge in [-0.25, -0.2) is 0 Å². The first-order valence-corrected chi connectivity index (χ1v) is 7.37. The van der Waals surface area contributed by atoms with Crippen molar-refractivity contribution in [1.82, 2.24) is 10.6 Å². The molecular weight excluding hydrogens is 292 g/mol. The highest BCUT2D eigenvalue weighted by Gasteiger charge is 2.09. The number of ether oxygens (including phenoxy) is 2. The number of amides is 1. The molecule has 0 saturated carbocycles. The standard InChI is InChI=1S/C15H23ClN2O3/c1-4-17-11(2)12-5-6-14(13(16)9-12)21-10-15(19)18-7-8-20-3/h5-6,9,11,17H,4,7-8,10H2,1-3H3,(H,18,19). The SMILES string of the molecule is CCNC(C)c1ccc(OCC(=O)NCCOC)c(Cl)c1. The second kappa shape index (κ2) is 9.60. The van der Waals surface area contributed by atoms with Gasteiger partial charge in [0, 0.05) is 19.7 Å². The van der Waals surface area contributed by atoms with E-state index in [0.717, 1.165) is 12.1 Å². The number of benzene rings is 1. The Balaban J connectivity index is 2.51. The van der Waals surface area contributed by atoms with E-state index in [1.165, 1.54) is 0 Å². The van der Waals surface area contributed by atoms with Gasteiger partial charge in [-0.15, -0.1) is 0 Å². The van der Waals surface area contributed by atoms with E-state index < -0.39 is 0 Å². The number of methoxy groups -OCH3 is 1. The molecule has 1 unspecified atom stereocenters. The topological polar surface area (TPSA) is 59.6 Å². The number of hydrogen-bond acceptors (Lipinski definition) is 4. The number of carbonyl (C=O) groups is 1. The molecule has 0 aliphatic rings. The molecule has 6 heteroatoms. The van der Waals surface area contributed by atoms with Gasteiger partial charge in [-0.2, -0.15) is 0 Å². The van der Waals surface area contributed by atoms with Crippen LogP contribution in [0.15, 0.2) is 18.2 Å². The van der Waals surface area contributed by atoms with Gasteiger partial charge in [0.1, 0.15) is 5.75 Å². The Kier molecular flexibility index (Phi) is 8.12. The largest absolute Gasteiger partial charge is 0.482 e. The van der Waals surface area contributed by atoms with Crippen molar-refractivity contribution in [2.75, 3.05) is 33.4 Å². The van der Waals surface area contributed by atoms with Crippen LogP contribution < -0.4 is 15.4 Å². The van der Waals surface area contributed by atoms with Gasteiger partial charge in [-0.1, -0.05) is 24.6 Å². The zero-order valence-corrected chi connectivity index (χ0v) is 13.5. The summed E-state index contributed by atoms with van der Waals surface area (Å²) in [6.07, 6.45) is 0. The Hall–Kier alpha value is -1.30. The van der Waals surface area contributed by atoms with Crippen molar-refractivity contribution in [1.29, 1.82) is 0 Å². The Bertz CT molecular complexity index is 455. The Labute approximate surface area is 131 Å². The average molecular weight is 315 g/mol. The summed E-state index contributed by atoms with van der Waals surface area (Å²) in [5.41, 5.74) is 1.08. The summed E-state index contributed by atoms with van der Waals surface area (Å²) in [6.45, 7) is 5.88. The van der Waals surface area contributed by atoms with E-state index >= 15 is 0 Å². The first-order valence-electron chi connectivity index (χ1n) is 6.99. The molecule has 5 nitrogen and oxygen atoms in total. The van der Waals surface area contributed by atoms with Crippen LogP contribution in [-0.2, 0) is 9.53 Å². The van der Waals surface area contributed by atoms with Crippen LogP contribution in [0.5, 0.6) is 5.75 Å². The van der Waals surface area contributed by atoms with Crippen LogP contribution >= 0.6 is 11.6 Å². The summed E-state index contributed by atoms with van der Waals surface area (Å²) >= 11 is 6.18. The van der Waals surface area contributed by atoms with Gasteiger partial charge in [-0.05, 0) is 31.2 Å². The zero-order chi connectivity index (χ0) is 15.7. The molecule has 0 aliphatic heterocycles. The highest BCUT2D eigenvalue weighted by molar-refractivity contribution is 6.32. The lowest BCUT2D eigenvalue weighted by Crippen LogP contribution is -2.31. The van der Waals surface area contributed by atoms with E-state index in [-0.39, 0.29) is 18.6 Å². The summed E-state index contributed by atoms with van der Waals surface area (Å²) in [5.74, 6) is 0.305. The molecule has 1 amide bonds. The monoisotopic (exact) mass is 314 g/mol. The maximum Gasteiger partial charge on any atom is 0.258 e. The summed E-state index contributed by atoms with van der Waals surface area (Å²) in [4.78, 5) is 11.5. The molecular formula is C15H23ClN2O3. The Morgan fingerprint density at radius 3 is 2.81 bits per heavy atom. The lowest BCUT2D eigenvalue weighted by molar-refractivity contribution is -0.123. The number of nitrogens with one attached hydrogen (secondary N) is 2. The van der Waals surface area contributed by atoms with Gasteiger partial charge in [-0.3, -0.25) is 4.79 Å². The number of rotatable bonds is 9. The molecule has 21 heavy (non-hydrogen) atoms. The highest BCUT2D eigenvalue weighted by Crippen LogP contribution is 2.27. The molecule has 118 valence electrons. The fourth-order valence-electron chi connectivity index (χ4n) is 1.81. The van der Waals surface area contributed by atoms with E-state index in [0.29, 0.717) is 23.9 Å². The maximum atomic E-state index is 11.5. The minimum atomic E-state index is -0.201. The normalized spacial score (nSPS) is 12.0. The van der Waals surface area contributed by atoms with Gasteiger partial charge in [0.05, 0.1) is 11.6 Å². The van der Waals surface area contributed by atoms with E-state index in [9.17, 15) is 4.79 Å². The summed E-state index contributed by atoms with van der Waals surface area (Å²) in [6, 6.07) is 5.80. The van der Waals surface area contributed by atoms with Gasteiger partial charge in [0.25, 0.3) is 5.91 Å². The highest BCUT2D eigenvalue weighted by atomic mass is 35.5. The van der Waals surface area contributed by atoms with Crippen LogP contribution in [0.1, 0.15) is 25.5 Å². The lowest BCUT2D eigenvalue weighted by Gasteiger charge is -2.15. The van der Waals surface area contributed by atoms with Crippen LogP contribution in [0.3, 0.4) is 0 Å². The first kappa shape index (κ1) is 17.8. The molecule has 0 heterocycles. The van der Waals surface area contributed by atoms with Gasteiger partial charge in [0.15, 0.2) is 6.61 Å². The maximum absolute atomic E-state index is 11.5. The molecule has 0 bridgehead atoms. The lowest BCUT2D eigenvalue weighted by atomic mass is 10.1. The predicted molar refractivity (Wildman–Crippen MR) is 83.9 cm³/mol. The third-order valence-corrected chi connectivity index (χ3v) is 3.25. The zero-order valence-electron chi connectivity index (χ0n) is 12.7. The van der Waals surface area contributed by atoms with Gasteiger partial charge < -0.3 is 20.1 Å². The predicted octanol–water partition coefficient (Wildman–Crippen LogP) is 2.15. The van der Waals surface area contributed by atoms with Crippen molar-refractivity contribution in [3.63, 3.8) is 0 Å². The molecule has 0 fully saturated rings. The quantitative estimate of drug-likeness (QED) is 0.686. The number of halogens is 1. The summed E-state index contributed by atoms with van der Waals surface area (Å²) < 4.78 is 10.3. The van der Waals surface area contributed by atoms with E-state index in [4.69, 9.17) is 21.1 Å². The third-order valence-electron chi connectivity index (χ3n) is 2.95. The fraction of sp³-hybridized carbons (Fsp3) is 0.533. The average Bonchev–Trinajstić information content (AvgIpc) is 2.46. The van der Waals surface area contributed by atoms with Crippen molar-refractivity contribution in [3.05, 3.63) is 28.8 Å². The number of carbonyl (C=O) groups excluding carboxylic acids is 1. The van der Waals surface area contributed by atoms with Crippen molar-refractivity contribution in [2.45, 2.75) is 19.9 Å². The minimum absolute atomic E-state index is 0.0639. The summed E-state index contributed by atoms with van der Waals surface area (Å²) in [7, 11) is 1.58. The summed E-state index contributed by atoms with van der Waals surface area (Å²) in [5, 5.41) is 6.49. The molecule has 0 spiro atoms. The third kappa shape index (κ3) is 6.33. The molecule has 1 aromatic carbocycles. The van der Waals surface area contributed by atoms with Gasteiger partial charge in [0.2, 0.25) is 0 Å².